The number of aromatic nitrogens is 1. The Hall–Kier alpha value is -3.73. The van der Waals surface area contributed by atoms with Crippen LogP contribution in [0.3, 0.4) is 0 Å². The average Bonchev–Trinajstić information content (AvgIpc) is 3.42. The number of oxime groups is 1. The molecule has 0 bridgehead atoms. The molecule has 0 radical (unpaired) electrons. The number of nitro benzene ring substituents is 1. The number of non-ortho nitro benzene ring substituents is 1. The first-order chi connectivity index (χ1) is 20.3. The predicted molar refractivity (Wildman–Crippen MR) is 152 cm³/mol. The van der Waals surface area contributed by atoms with Crippen molar-refractivity contribution in [3.63, 3.8) is 0 Å². The Morgan fingerprint density at radius 1 is 1.25 bits per heavy atom. The van der Waals surface area contributed by atoms with E-state index < -0.39 is 75.1 Å². The van der Waals surface area contributed by atoms with Gasteiger partial charge < -0.3 is 25.5 Å². The molecule has 1 aliphatic heterocycles. The molecule has 2 atom stereocenters. The number of nitro groups is 1. The number of carbonyl (C=O) groups is 5. The van der Waals surface area contributed by atoms with E-state index in [4.69, 9.17) is 21.2 Å². The van der Waals surface area contributed by atoms with Gasteiger partial charge >= 0.3 is 45.8 Å². The van der Waals surface area contributed by atoms with Gasteiger partial charge in [-0.15, -0.1) is 22.9 Å². The molecular weight excluding hydrogens is 665 g/mol. The summed E-state index contributed by atoms with van der Waals surface area (Å²) in [6.45, 7) is -1.12. The number of β-lactam (4-membered cyclic amide) rings is 1. The quantitative estimate of drug-likeness (QED) is 0.0268. The molecule has 4 N–H and O–H groups in total. The van der Waals surface area contributed by atoms with E-state index in [1.165, 1.54) is 29.6 Å². The summed E-state index contributed by atoms with van der Waals surface area (Å²) in [5.41, 5.74) is -0.644. The second-order valence-electron chi connectivity index (χ2n) is 8.14. The monoisotopic (exact) mass is 685 g/mol. The van der Waals surface area contributed by atoms with Crippen LogP contribution < -0.4 is 16.0 Å². The SMILES string of the molecule is CNC(=O)C1C(NC(=O)/C(=N\OCC(=O)OCc2ccc([N+](=O)[O-])cc2)c2csc(NC(=O)CCl)n2)C(=O)N1S(=O)(=O)O.[NaH]. The molecule has 2 heterocycles. The molecule has 1 fully saturated rings. The minimum atomic E-state index is -5.15. The number of alkyl halides is 1. The number of amides is 4. The van der Waals surface area contributed by atoms with Crippen molar-refractivity contribution in [3.8, 4) is 0 Å². The van der Waals surface area contributed by atoms with E-state index in [1.54, 1.807) is 0 Å². The van der Waals surface area contributed by atoms with Crippen LogP contribution in [0.2, 0.25) is 0 Å². The zero-order valence-electron chi connectivity index (χ0n) is 21.6. The van der Waals surface area contributed by atoms with Crippen molar-refractivity contribution in [2.45, 2.75) is 18.7 Å². The van der Waals surface area contributed by atoms with Crippen molar-refractivity contribution < 1.29 is 51.4 Å². The second-order valence-corrected chi connectivity index (χ2v) is 10.6. The van der Waals surface area contributed by atoms with Crippen molar-refractivity contribution in [2.75, 3.05) is 24.9 Å². The molecule has 0 saturated carbocycles. The van der Waals surface area contributed by atoms with E-state index in [1.807, 2.05) is 0 Å². The van der Waals surface area contributed by atoms with Crippen molar-refractivity contribution in [1.82, 2.24) is 19.9 Å². The van der Waals surface area contributed by atoms with Gasteiger partial charge in [0.15, 0.2) is 16.9 Å². The van der Waals surface area contributed by atoms with Crippen LogP contribution in [0, 0.1) is 10.1 Å². The van der Waals surface area contributed by atoms with Gasteiger partial charge in [-0.1, -0.05) is 5.16 Å². The van der Waals surface area contributed by atoms with Gasteiger partial charge in [-0.2, -0.15) is 12.7 Å². The number of halogens is 1. The summed E-state index contributed by atoms with van der Waals surface area (Å²) in [4.78, 5) is 80.4. The van der Waals surface area contributed by atoms with E-state index in [0.29, 0.717) is 5.56 Å². The molecule has 2 aromatic rings. The summed E-state index contributed by atoms with van der Waals surface area (Å²) in [6.07, 6.45) is 0. The van der Waals surface area contributed by atoms with E-state index in [-0.39, 0.29) is 57.0 Å². The Balaban J connectivity index is 0.00000675. The molecule has 0 spiro atoms. The van der Waals surface area contributed by atoms with Gasteiger partial charge in [-0.25, -0.2) is 9.78 Å². The first-order valence-electron chi connectivity index (χ1n) is 11.5. The zero-order valence-corrected chi connectivity index (χ0v) is 24.0. The molecule has 0 aliphatic carbocycles. The number of hydrogen-bond acceptors (Lipinski definition) is 14. The van der Waals surface area contributed by atoms with Crippen molar-refractivity contribution in [3.05, 3.63) is 51.0 Å². The fraction of sp³-hybridized carbons (Fsp3) is 0.286. The fourth-order valence-electron chi connectivity index (χ4n) is 3.34. The molecular formula is C21H21ClN7NaO12S2. The number of likely N-dealkylation sites (N-methyl/N-ethyl adjacent to an activating group) is 1. The third-order valence-electron chi connectivity index (χ3n) is 5.32. The van der Waals surface area contributed by atoms with Crippen LogP contribution in [-0.2, 0) is 50.5 Å². The standard InChI is InChI=1S/C21H20ClN7O12S2.Na.H/c1-23-19(33)17-16(20(34)28(17)43(37,38)39)26-18(32)15(12-9-42-21(24-12)25-13(30)6-22)27-41-8-14(31)40-7-10-2-4-11(5-3-10)29(35)36;;/h2-5,9,16-17H,6-8H2,1H3,(H,23,33)(H,26,32)(H,24,25,30)(H,37,38,39);;/b27-15-;;. The van der Waals surface area contributed by atoms with Crippen molar-refractivity contribution >= 4 is 109 Å². The normalized spacial score (nSPS) is 16.1. The fourth-order valence-corrected chi connectivity index (χ4v) is 4.97. The van der Waals surface area contributed by atoms with E-state index in [2.05, 4.69) is 26.1 Å². The van der Waals surface area contributed by atoms with Gasteiger partial charge in [-0.05, 0) is 17.7 Å². The Morgan fingerprint density at radius 3 is 2.48 bits per heavy atom. The molecule has 1 saturated heterocycles. The van der Waals surface area contributed by atoms with E-state index in [9.17, 15) is 47.1 Å². The first kappa shape index (κ1) is 36.5. The number of esters is 1. The molecule has 19 nitrogen and oxygen atoms in total. The number of hydrogen-bond donors (Lipinski definition) is 4. The first-order valence-corrected chi connectivity index (χ1v) is 14.3. The molecule has 232 valence electrons. The van der Waals surface area contributed by atoms with Crippen molar-refractivity contribution in [1.29, 1.82) is 0 Å². The topological polar surface area (TPSA) is 266 Å². The summed E-state index contributed by atoms with van der Waals surface area (Å²) in [7, 11) is -4.03. The Labute approximate surface area is 278 Å². The second kappa shape index (κ2) is 15.8. The third kappa shape index (κ3) is 9.14. The van der Waals surface area contributed by atoms with E-state index >= 15 is 0 Å². The number of anilines is 1. The van der Waals surface area contributed by atoms with Crippen LogP contribution in [0.15, 0.2) is 34.8 Å². The number of benzene rings is 1. The van der Waals surface area contributed by atoms with Crippen LogP contribution in [0.1, 0.15) is 11.3 Å². The molecule has 1 aromatic heterocycles. The number of rotatable bonds is 13. The summed E-state index contributed by atoms with van der Waals surface area (Å²) in [6, 6.07) is 1.55. The van der Waals surface area contributed by atoms with Crippen LogP contribution >= 0.6 is 22.9 Å². The summed E-state index contributed by atoms with van der Waals surface area (Å²) < 4.78 is 37.2. The summed E-state index contributed by atoms with van der Waals surface area (Å²) in [5.74, 6) is -5.59. The maximum absolute atomic E-state index is 13.1. The molecule has 2 unspecified atom stereocenters. The molecule has 4 amide bonds. The van der Waals surface area contributed by atoms with Crippen molar-refractivity contribution in [2.24, 2.45) is 5.16 Å². The van der Waals surface area contributed by atoms with E-state index in [0.717, 1.165) is 18.4 Å². The number of carbonyl (C=O) groups excluding carboxylic acids is 5. The van der Waals surface area contributed by atoms with Gasteiger partial charge in [0.05, 0.1) is 4.92 Å². The van der Waals surface area contributed by atoms with Crippen LogP contribution in [0.4, 0.5) is 10.8 Å². The van der Waals surface area contributed by atoms with Crippen LogP contribution in [0.5, 0.6) is 0 Å². The summed E-state index contributed by atoms with van der Waals surface area (Å²) >= 11 is 6.29. The number of nitrogens with zero attached hydrogens (tertiary/aromatic N) is 4. The number of nitrogens with one attached hydrogen (secondary N) is 3. The van der Waals surface area contributed by atoms with Gasteiger partial charge in [0.1, 0.15) is 24.2 Å². The zero-order chi connectivity index (χ0) is 31.9. The Morgan fingerprint density at radius 2 is 1.91 bits per heavy atom. The average molecular weight is 686 g/mol. The number of thiazole rings is 1. The molecule has 1 aliphatic rings. The number of ether oxygens (including phenoxy) is 1. The molecule has 1 aromatic carbocycles. The molecule has 44 heavy (non-hydrogen) atoms. The van der Waals surface area contributed by atoms with Gasteiger partial charge in [0, 0.05) is 24.6 Å². The Kier molecular flexibility index (Phi) is 13.1. The maximum atomic E-state index is 13.1. The Bertz CT molecular complexity index is 1590. The molecule has 23 heteroatoms. The van der Waals surface area contributed by atoms with Crippen LogP contribution in [0.25, 0.3) is 0 Å². The molecule has 3 rings (SSSR count). The van der Waals surface area contributed by atoms with Gasteiger partial charge in [0.2, 0.25) is 18.4 Å². The summed E-state index contributed by atoms with van der Waals surface area (Å²) in [5, 5.41) is 22.1. The van der Waals surface area contributed by atoms with Gasteiger partial charge in [-0.3, -0.25) is 33.8 Å². The van der Waals surface area contributed by atoms with Crippen LogP contribution in [-0.4, -0.2) is 124 Å². The predicted octanol–water partition coefficient (Wildman–Crippen LogP) is -1.71. The van der Waals surface area contributed by atoms with Gasteiger partial charge in [0.25, 0.3) is 17.5 Å². The minimum absolute atomic E-state index is 0. The third-order valence-corrected chi connectivity index (χ3v) is 7.22.